The molecule has 0 bridgehead atoms. The van der Waals surface area contributed by atoms with Gasteiger partial charge in [0.2, 0.25) is 0 Å². The number of nitrogen functional groups attached to an aromatic ring is 1. The van der Waals surface area contributed by atoms with Crippen molar-refractivity contribution in [3.05, 3.63) is 42.4 Å². The van der Waals surface area contributed by atoms with Crippen LogP contribution in [-0.4, -0.2) is 20.8 Å². The predicted octanol–water partition coefficient (Wildman–Crippen LogP) is 0.823. The molecule has 2 aromatic rings. The Labute approximate surface area is 86.5 Å². The van der Waals surface area contributed by atoms with Crippen molar-refractivity contribution in [2.45, 2.75) is 0 Å². The second kappa shape index (κ2) is 3.83. The van der Waals surface area contributed by atoms with Gasteiger partial charge in [-0.15, -0.1) is 0 Å². The van der Waals surface area contributed by atoms with Gasteiger partial charge in [-0.2, -0.15) is 0 Å². The Balaban J connectivity index is 2.46. The van der Waals surface area contributed by atoms with Gasteiger partial charge in [0, 0.05) is 12.4 Å². The van der Waals surface area contributed by atoms with E-state index < -0.39 is 0 Å². The third-order valence-corrected chi connectivity index (χ3v) is 1.83. The summed E-state index contributed by atoms with van der Waals surface area (Å²) in [5.41, 5.74) is 6.41. The molecule has 2 heterocycles. The molecule has 5 heteroatoms. The Morgan fingerprint density at radius 1 is 1.13 bits per heavy atom. The molecule has 0 fully saturated rings. The third-order valence-electron chi connectivity index (χ3n) is 1.83. The molecular formula is C10H9N5. The van der Waals surface area contributed by atoms with Gasteiger partial charge in [-0.3, -0.25) is 10.4 Å². The number of rotatable bonds is 2. The van der Waals surface area contributed by atoms with E-state index in [-0.39, 0.29) is 5.84 Å². The molecular weight excluding hydrogens is 190 g/mol. The third kappa shape index (κ3) is 1.96. The zero-order chi connectivity index (χ0) is 10.7. The van der Waals surface area contributed by atoms with Crippen LogP contribution in [0.25, 0.3) is 11.5 Å². The summed E-state index contributed by atoms with van der Waals surface area (Å²) in [6.07, 6.45) is 3.23. The van der Waals surface area contributed by atoms with Crippen LogP contribution in [0.3, 0.4) is 0 Å². The van der Waals surface area contributed by atoms with Gasteiger partial charge in [-0.05, 0) is 18.2 Å². The quantitative estimate of drug-likeness (QED) is 0.553. The number of pyridine rings is 1. The molecule has 0 aliphatic heterocycles. The zero-order valence-corrected chi connectivity index (χ0v) is 7.88. The Hall–Kier alpha value is -2.30. The highest BCUT2D eigenvalue weighted by atomic mass is 14.9. The second-order valence-corrected chi connectivity index (χ2v) is 2.89. The van der Waals surface area contributed by atoms with Gasteiger partial charge in [0.1, 0.15) is 17.2 Å². The molecule has 0 aromatic carbocycles. The van der Waals surface area contributed by atoms with Gasteiger partial charge >= 0.3 is 0 Å². The fourth-order valence-electron chi connectivity index (χ4n) is 1.13. The van der Waals surface area contributed by atoms with Gasteiger partial charge < -0.3 is 5.73 Å². The Kier molecular flexibility index (Phi) is 2.37. The SMILES string of the molecule is N=C(N)c1ccnc(-c2ccccn2)n1. The molecule has 0 amide bonds. The fourth-order valence-corrected chi connectivity index (χ4v) is 1.13. The fraction of sp³-hybridized carbons (Fsp3) is 0. The number of nitrogens with two attached hydrogens (primary N) is 1. The van der Waals surface area contributed by atoms with Crippen LogP contribution < -0.4 is 5.73 Å². The van der Waals surface area contributed by atoms with Gasteiger partial charge in [0.15, 0.2) is 5.82 Å². The van der Waals surface area contributed by atoms with Crippen molar-refractivity contribution in [2.24, 2.45) is 5.73 Å². The van der Waals surface area contributed by atoms with Crippen LogP contribution in [-0.2, 0) is 0 Å². The summed E-state index contributed by atoms with van der Waals surface area (Å²) < 4.78 is 0. The number of nitrogens with one attached hydrogen (secondary N) is 1. The first-order valence-corrected chi connectivity index (χ1v) is 4.36. The van der Waals surface area contributed by atoms with Crippen molar-refractivity contribution >= 4 is 5.84 Å². The summed E-state index contributed by atoms with van der Waals surface area (Å²) in [6.45, 7) is 0. The summed E-state index contributed by atoms with van der Waals surface area (Å²) in [7, 11) is 0. The number of hydrogen-bond donors (Lipinski definition) is 2. The molecule has 3 N–H and O–H groups in total. The number of hydrogen-bond acceptors (Lipinski definition) is 4. The maximum atomic E-state index is 7.26. The first kappa shape index (κ1) is 9.26. The standard InChI is InChI=1S/C10H9N5/c11-9(12)7-4-6-14-10(15-7)8-3-1-2-5-13-8/h1-6H,(H3,11,12). The van der Waals surface area contributed by atoms with Gasteiger partial charge in [-0.1, -0.05) is 6.07 Å². The van der Waals surface area contributed by atoms with Crippen molar-refractivity contribution in [1.82, 2.24) is 15.0 Å². The second-order valence-electron chi connectivity index (χ2n) is 2.89. The highest BCUT2D eigenvalue weighted by molar-refractivity contribution is 5.93. The van der Waals surface area contributed by atoms with E-state index >= 15 is 0 Å². The van der Waals surface area contributed by atoms with Crippen LogP contribution in [0.5, 0.6) is 0 Å². The van der Waals surface area contributed by atoms with Crippen LogP contribution in [0.2, 0.25) is 0 Å². The van der Waals surface area contributed by atoms with E-state index in [1.54, 1.807) is 24.5 Å². The molecule has 0 spiro atoms. The topological polar surface area (TPSA) is 88.5 Å². The van der Waals surface area contributed by atoms with Crippen molar-refractivity contribution < 1.29 is 0 Å². The average molecular weight is 199 g/mol. The highest BCUT2D eigenvalue weighted by Crippen LogP contribution is 2.09. The van der Waals surface area contributed by atoms with Crippen LogP contribution >= 0.6 is 0 Å². The molecule has 0 unspecified atom stereocenters. The maximum Gasteiger partial charge on any atom is 0.178 e. The predicted molar refractivity (Wildman–Crippen MR) is 56.3 cm³/mol. The molecule has 0 saturated carbocycles. The van der Waals surface area contributed by atoms with Crippen LogP contribution in [0, 0.1) is 5.41 Å². The molecule has 0 atom stereocenters. The molecule has 2 rings (SSSR count). The molecule has 0 radical (unpaired) electrons. The highest BCUT2D eigenvalue weighted by Gasteiger charge is 2.04. The summed E-state index contributed by atoms with van der Waals surface area (Å²) >= 11 is 0. The summed E-state index contributed by atoms with van der Waals surface area (Å²) in [4.78, 5) is 12.3. The van der Waals surface area contributed by atoms with Crippen LogP contribution in [0.4, 0.5) is 0 Å². The monoisotopic (exact) mass is 199 g/mol. The Morgan fingerprint density at radius 2 is 2.00 bits per heavy atom. The molecule has 74 valence electrons. The minimum Gasteiger partial charge on any atom is -0.382 e. The normalized spacial score (nSPS) is 9.87. The lowest BCUT2D eigenvalue weighted by Gasteiger charge is -2.00. The average Bonchev–Trinajstić information content (AvgIpc) is 2.30. The van der Waals surface area contributed by atoms with E-state index in [9.17, 15) is 0 Å². The van der Waals surface area contributed by atoms with E-state index in [0.29, 0.717) is 17.2 Å². The number of amidine groups is 1. The molecule has 15 heavy (non-hydrogen) atoms. The largest absolute Gasteiger partial charge is 0.382 e. The van der Waals surface area contributed by atoms with Crippen molar-refractivity contribution in [3.8, 4) is 11.5 Å². The van der Waals surface area contributed by atoms with E-state index in [4.69, 9.17) is 11.1 Å². The van der Waals surface area contributed by atoms with E-state index in [0.717, 1.165) is 0 Å². The minimum absolute atomic E-state index is 0.0745. The maximum absolute atomic E-state index is 7.26. The zero-order valence-electron chi connectivity index (χ0n) is 7.88. The minimum atomic E-state index is -0.0745. The van der Waals surface area contributed by atoms with Crippen LogP contribution in [0.15, 0.2) is 36.7 Å². The molecule has 0 aliphatic rings. The van der Waals surface area contributed by atoms with E-state index in [2.05, 4.69) is 15.0 Å². The van der Waals surface area contributed by atoms with Crippen molar-refractivity contribution in [2.75, 3.05) is 0 Å². The Morgan fingerprint density at radius 3 is 2.67 bits per heavy atom. The summed E-state index contributed by atoms with van der Waals surface area (Å²) in [6, 6.07) is 7.07. The molecule has 5 nitrogen and oxygen atoms in total. The van der Waals surface area contributed by atoms with Gasteiger partial charge in [-0.25, -0.2) is 9.97 Å². The van der Waals surface area contributed by atoms with Gasteiger partial charge in [0.05, 0.1) is 0 Å². The lowest BCUT2D eigenvalue weighted by atomic mass is 10.3. The first-order valence-electron chi connectivity index (χ1n) is 4.36. The smallest absolute Gasteiger partial charge is 0.178 e. The number of aromatic nitrogens is 3. The van der Waals surface area contributed by atoms with Gasteiger partial charge in [0.25, 0.3) is 0 Å². The summed E-state index contributed by atoms with van der Waals surface area (Å²) in [5.74, 6) is 0.401. The lowest BCUT2D eigenvalue weighted by Crippen LogP contribution is -2.13. The van der Waals surface area contributed by atoms with E-state index in [1.807, 2.05) is 12.1 Å². The number of nitrogens with zero attached hydrogens (tertiary/aromatic N) is 3. The van der Waals surface area contributed by atoms with Crippen molar-refractivity contribution in [1.29, 1.82) is 5.41 Å². The Bertz CT molecular complexity index is 480. The lowest BCUT2D eigenvalue weighted by molar-refractivity contribution is 1.12. The molecule has 0 aliphatic carbocycles. The molecule has 0 saturated heterocycles. The first-order chi connectivity index (χ1) is 7.27. The summed E-state index contributed by atoms with van der Waals surface area (Å²) in [5, 5.41) is 7.26. The van der Waals surface area contributed by atoms with E-state index in [1.165, 1.54) is 0 Å². The molecule has 2 aromatic heterocycles. The van der Waals surface area contributed by atoms with Crippen LogP contribution in [0.1, 0.15) is 5.69 Å². The van der Waals surface area contributed by atoms with Crippen molar-refractivity contribution in [3.63, 3.8) is 0 Å².